The molecule has 1 aliphatic rings. The Morgan fingerprint density at radius 1 is 0.246 bits per heavy atom. The van der Waals surface area contributed by atoms with Crippen LogP contribution in [0.3, 0.4) is 0 Å². The van der Waals surface area contributed by atoms with E-state index in [9.17, 15) is 0 Å². The highest BCUT2D eigenvalue weighted by molar-refractivity contribution is 7.25. The second kappa shape index (κ2) is 16.0. The first-order valence-corrected chi connectivity index (χ1v) is 24.5. The third-order valence-electron chi connectivity index (χ3n) is 14.2. The quantitative estimate of drug-likeness (QED) is 0.174. The molecule has 0 spiro atoms. The van der Waals surface area contributed by atoms with Crippen molar-refractivity contribution in [2.75, 3.05) is 9.80 Å². The van der Waals surface area contributed by atoms with E-state index in [-0.39, 0.29) is 0 Å². The molecular formula is C66H42N2S. The minimum Gasteiger partial charge on any atom is -0.310 e. The minimum atomic E-state index is 1.08. The van der Waals surface area contributed by atoms with Gasteiger partial charge in [0.1, 0.15) is 0 Å². The monoisotopic (exact) mass is 894 g/mol. The molecule has 0 radical (unpaired) electrons. The Labute approximate surface area is 404 Å². The fourth-order valence-electron chi connectivity index (χ4n) is 11.1. The fraction of sp³-hybridized carbons (Fsp3) is 0. The van der Waals surface area contributed by atoms with Crippen molar-refractivity contribution in [2.24, 2.45) is 0 Å². The van der Waals surface area contributed by atoms with Gasteiger partial charge in [0.25, 0.3) is 0 Å². The average Bonchev–Trinajstić information content (AvgIpc) is 3.73. The maximum absolute atomic E-state index is 2.49. The zero-order valence-electron chi connectivity index (χ0n) is 37.6. The molecule has 1 aliphatic heterocycles. The Bertz CT molecular complexity index is 4270. The minimum absolute atomic E-state index is 1.08. The number of fused-ring (bicyclic) bond motifs is 18. The number of thiophene rings is 1. The van der Waals surface area contributed by atoms with E-state index < -0.39 is 0 Å². The maximum Gasteiger partial charge on any atom is 0.0542 e. The summed E-state index contributed by atoms with van der Waals surface area (Å²) in [5.74, 6) is 0. The first kappa shape index (κ1) is 39.4. The van der Waals surface area contributed by atoms with Gasteiger partial charge in [-0.3, -0.25) is 0 Å². The molecular weight excluding hydrogens is 853 g/mol. The lowest BCUT2D eigenvalue weighted by atomic mass is 9.93. The highest BCUT2D eigenvalue weighted by atomic mass is 32.1. The molecule has 2 heterocycles. The molecule has 0 amide bonds. The van der Waals surface area contributed by atoms with Crippen molar-refractivity contribution < 1.29 is 0 Å². The summed E-state index contributed by atoms with van der Waals surface area (Å²) < 4.78 is 2.59. The number of nitrogens with zero attached hydrogens (tertiary/aromatic N) is 2. The van der Waals surface area contributed by atoms with Gasteiger partial charge in [0.15, 0.2) is 0 Å². The lowest BCUT2D eigenvalue weighted by Crippen LogP contribution is -2.13. The molecule has 322 valence electrons. The van der Waals surface area contributed by atoms with Gasteiger partial charge >= 0.3 is 0 Å². The van der Waals surface area contributed by atoms with Gasteiger partial charge in [0.2, 0.25) is 0 Å². The molecule has 0 saturated heterocycles. The number of benzene rings is 11. The number of hydrogen-bond donors (Lipinski definition) is 0. The molecule has 2 nitrogen and oxygen atoms in total. The van der Waals surface area contributed by atoms with Crippen LogP contribution in [-0.2, 0) is 0 Å². The topological polar surface area (TPSA) is 6.48 Å². The smallest absolute Gasteiger partial charge is 0.0542 e. The molecule has 13 aromatic rings. The predicted octanol–water partition coefficient (Wildman–Crippen LogP) is 19.5. The van der Waals surface area contributed by atoms with E-state index in [0.29, 0.717) is 0 Å². The van der Waals surface area contributed by atoms with Gasteiger partial charge in [0.05, 0.1) is 11.4 Å². The number of anilines is 6. The summed E-state index contributed by atoms with van der Waals surface area (Å²) in [6.07, 6.45) is 0. The van der Waals surface area contributed by atoms with E-state index in [2.05, 4.69) is 265 Å². The summed E-state index contributed by atoms with van der Waals surface area (Å²) in [6.45, 7) is 0. The third kappa shape index (κ3) is 6.32. The predicted molar refractivity (Wildman–Crippen MR) is 298 cm³/mol. The van der Waals surface area contributed by atoms with Crippen LogP contribution in [0.15, 0.2) is 255 Å². The molecule has 1 aromatic heterocycles. The van der Waals surface area contributed by atoms with Crippen molar-refractivity contribution in [3.05, 3.63) is 255 Å². The molecule has 3 heteroatoms. The molecule has 0 atom stereocenters. The Morgan fingerprint density at radius 2 is 0.696 bits per heavy atom. The zero-order chi connectivity index (χ0) is 45.4. The van der Waals surface area contributed by atoms with Crippen molar-refractivity contribution in [1.82, 2.24) is 0 Å². The van der Waals surface area contributed by atoms with Gasteiger partial charge in [-0.15, -0.1) is 11.3 Å². The number of hydrogen-bond acceptors (Lipinski definition) is 3. The Kier molecular flexibility index (Phi) is 9.11. The van der Waals surface area contributed by atoms with Gasteiger partial charge in [-0.25, -0.2) is 0 Å². The average molecular weight is 895 g/mol. The molecule has 12 aromatic carbocycles. The lowest BCUT2D eigenvalue weighted by Gasteiger charge is -2.30. The van der Waals surface area contributed by atoms with Crippen molar-refractivity contribution in [1.29, 1.82) is 0 Å². The van der Waals surface area contributed by atoms with Gasteiger partial charge < -0.3 is 9.80 Å². The SMILES string of the molecule is c1ccc(N(c2ccc3c(c2)-c2ccccc2-c2ccccc2N3c2ccccc2)c2ccc3c4ccccc4c4ccccc4c4ccccc4c4cc5sc6ccccc6c5cc4c3c2)cc1. The summed E-state index contributed by atoms with van der Waals surface area (Å²) in [6, 6.07) is 94.3. The second-order valence-corrected chi connectivity index (χ2v) is 19.0. The van der Waals surface area contributed by atoms with Crippen molar-refractivity contribution in [3.63, 3.8) is 0 Å². The van der Waals surface area contributed by atoms with Crippen LogP contribution in [0.25, 0.3) is 96.3 Å². The molecule has 0 N–H and O–H groups in total. The maximum atomic E-state index is 2.49. The normalized spacial score (nSPS) is 12.0. The largest absolute Gasteiger partial charge is 0.310 e. The van der Waals surface area contributed by atoms with Gasteiger partial charge in [0, 0.05) is 54.0 Å². The number of rotatable bonds is 4. The number of para-hydroxylation sites is 3. The van der Waals surface area contributed by atoms with Crippen molar-refractivity contribution in [2.45, 2.75) is 0 Å². The van der Waals surface area contributed by atoms with Crippen molar-refractivity contribution in [3.8, 4) is 22.3 Å². The van der Waals surface area contributed by atoms with Crippen LogP contribution >= 0.6 is 11.3 Å². The molecule has 0 fully saturated rings. The van der Waals surface area contributed by atoms with Gasteiger partial charge in [-0.1, -0.05) is 176 Å². The Morgan fingerprint density at radius 3 is 1.36 bits per heavy atom. The highest BCUT2D eigenvalue weighted by Gasteiger charge is 2.27. The van der Waals surface area contributed by atoms with Crippen LogP contribution < -0.4 is 9.80 Å². The summed E-state index contributed by atoms with van der Waals surface area (Å²) >= 11 is 1.88. The molecule has 14 rings (SSSR count). The van der Waals surface area contributed by atoms with Crippen LogP contribution in [0, 0.1) is 0 Å². The van der Waals surface area contributed by atoms with E-state index in [1.807, 2.05) is 11.3 Å². The first-order chi connectivity index (χ1) is 34.2. The molecule has 0 bridgehead atoms. The van der Waals surface area contributed by atoms with Crippen LogP contribution in [-0.4, -0.2) is 0 Å². The van der Waals surface area contributed by atoms with Gasteiger partial charge in [-0.05, 0) is 144 Å². The Balaban J connectivity index is 1.12. The molecule has 0 saturated carbocycles. The Hall–Kier alpha value is -8.76. The van der Waals surface area contributed by atoms with E-state index in [1.165, 1.54) is 96.3 Å². The molecule has 69 heavy (non-hydrogen) atoms. The van der Waals surface area contributed by atoms with Crippen LogP contribution in [0.4, 0.5) is 34.1 Å². The first-order valence-electron chi connectivity index (χ1n) is 23.7. The van der Waals surface area contributed by atoms with Crippen LogP contribution in [0.2, 0.25) is 0 Å². The zero-order valence-corrected chi connectivity index (χ0v) is 38.4. The van der Waals surface area contributed by atoms with E-state index >= 15 is 0 Å². The van der Waals surface area contributed by atoms with Gasteiger partial charge in [-0.2, -0.15) is 0 Å². The summed E-state index contributed by atoms with van der Waals surface area (Å²) in [5, 5.41) is 14.7. The molecule has 0 unspecified atom stereocenters. The lowest BCUT2D eigenvalue weighted by molar-refractivity contribution is 1.27. The fourth-order valence-corrected chi connectivity index (χ4v) is 12.3. The van der Waals surface area contributed by atoms with Crippen LogP contribution in [0.5, 0.6) is 0 Å². The molecule has 0 aliphatic carbocycles. The summed E-state index contributed by atoms with van der Waals surface area (Å²) in [7, 11) is 0. The van der Waals surface area contributed by atoms with E-state index in [0.717, 1.165) is 34.1 Å². The highest BCUT2D eigenvalue weighted by Crippen LogP contribution is 2.53. The summed E-state index contributed by atoms with van der Waals surface area (Å²) in [5.41, 5.74) is 11.5. The van der Waals surface area contributed by atoms with Crippen LogP contribution in [0.1, 0.15) is 0 Å². The van der Waals surface area contributed by atoms with Crippen molar-refractivity contribution >= 4 is 119 Å². The van der Waals surface area contributed by atoms with E-state index in [1.54, 1.807) is 0 Å². The second-order valence-electron chi connectivity index (χ2n) is 18.0. The summed E-state index contributed by atoms with van der Waals surface area (Å²) in [4.78, 5) is 4.87. The van der Waals surface area contributed by atoms with E-state index in [4.69, 9.17) is 0 Å². The standard InChI is InChI=1S/C66H42N2S/c1-3-19-43(20-4-1)67(46-36-38-64-61(40-46)54-30-14-12-28-52(54)56-31-15-17-33-63(56)68(64)44-21-5-2-6-22-44)45-35-37-55-51-27-10-9-25-49(51)47-23-7-8-24-48(47)50-26-11-13-29-53(50)60-42-66-62(41-59(60)58(55)39-45)57-32-16-18-34-65(57)69-66/h1-42H. The third-order valence-corrected chi connectivity index (χ3v) is 15.3.